The van der Waals surface area contributed by atoms with Crippen LogP contribution in [0.15, 0.2) is 0 Å². The molecule has 2 aliphatic heterocycles. The zero-order chi connectivity index (χ0) is 10.7. The molecule has 3 nitrogen and oxygen atoms in total. The zero-order valence-electron chi connectivity index (χ0n) is 10.0. The molecule has 3 atom stereocenters. The highest BCUT2D eigenvalue weighted by molar-refractivity contribution is 4.86. The highest BCUT2D eigenvalue weighted by Gasteiger charge is 2.27. The molecule has 3 heteroatoms. The van der Waals surface area contributed by atoms with Crippen LogP contribution in [-0.2, 0) is 4.74 Å². The molecule has 0 aliphatic carbocycles. The summed E-state index contributed by atoms with van der Waals surface area (Å²) in [5.74, 6) is 0. The van der Waals surface area contributed by atoms with E-state index in [9.17, 15) is 0 Å². The average molecular weight is 212 g/mol. The minimum absolute atomic E-state index is 0.440. The summed E-state index contributed by atoms with van der Waals surface area (Å²) in [4.78, 5) is 2.64. The fourth-order valence-electron chi connectivity index (χ4n) is 2.81. The Labute approximate surface area is 93.2 Å². The van der Waals surface area contributed by atoms with Gasteiger partial charge in [0, 0.05) is 32.3 Å². The van der Waals surface area contributed by atoms with E-state index in [0.717, 1.165) is 12.6 Å². The molecule has 2 aliphatic rings. The first-order valence-corrected chi connectivity index (χ1v) is 6.30. The third-order valence-corrected chi connectivity index (χ3v) is 3.91. The molecule has 88 valence electrons. The Bertz CT molecular complexity index is 198. The van der Waals surface area contributed by atoms with Gasteiger partial charge < -0.3 is 10.1 Å². The molecule has 2 saturated heterocycles. The van der Waals surface area contributed by atoms with Gasteiger partial charge in [0.25, 0.3) is 0 Å². The van der Waals surface area contributed by atoms with Gasteiger partial charge in [0.15, 0.2) is 0 Å². The Hall–Kier alpha value is -0.120. The Morgan fingerprint density at radius 1 is 1.40 bits per heavy atom. The maximum absolute atomic E-state index is 5.38. The van der Waals surface area contributed by atoms with E-state index in [2.05, 4.69) is 17.1 Å². The van der Waals surface area contributed by atoms with Crippen LogP contribution in [0, 0.1) is 0 Å². The van der Waals surface area contributed by atoms with E-state index in [1.807, 2.05) is 7.11 Å². The Morgan fingerprint density at radius 2 is 2.27 bits per heavy atom. The van der Waals surface area contributed by atoms with Gasteiger partial charge in [-0.15, -0.1) is 0 Å². The molecule has 3 unspecified atom stereocenters. The first kappa shape index (κ1) is 11.4. The van der Waals surface area contributed by atoms with E-state index < -0.39 is 0 Å². The van der Waals surface area contributed by atoms with E-state index in [4.69, 9.17) is 4.74 Å². The number of hydrogen-bond acceptors (Lipinski definition) is 3. The number of nitrogens with one attached hydrogen (secondary N) is 1. The normalized spacial score (nSPS) is 38.4. The minimum Gasteiger partial charge on any atom is -0.380 e. The van der Waals surface area contributed by atoms with Gasteiger partial charge in [-0.3, -0.25) is 4.90 Å². The van der Waals surface area contributed by atoms with Crippen LogP contribution in [-0.4, -0.2) is 49.8 Å². The maximum atomic E-state index is 5.38. The minimum atomic E-state index is 0.440. The summed E-state index contributed by atoms with van der Waals surface area (Å²) < 4.78 is 5.38. The van der Waals surface area contributed by atoms with E-state index in [-0.39, 0.29) is 0 Å². The zero-order valence-corrected chi connectivity index (χ0v) is 10.0. The second-order valence-electron chi connectivity index (χ2n) is 5.04. The summed E-state index contributed by atoms with van der Waals surface area (Å²) in [6.45, 7) is 5.89. The van der Waals surface area contributed by atoms with Crippen molar-refractivity contribution in [2.75, 3.05) is 26.7 Å². The standard InChI is InChI=1S/C12H24N2O/c1-10-5-3-4-6-14(10)9-11-7-12(15-2)8-13-11/h10-13H,3-9H2,1-2H3. The lowest BCUT2D eigenvalue weighted by Crippen LogP contribution is -2.44. The molecule has 0 bridgehead atoms. The van der Waals surface area contributed by atoms with Crippen molar-refractivity contribution in [2.45, 2.75) is 50.8 Å². The largest absolute Gasteiger partial charge is 0.380 e. The van der Waals surface area contributed by atoms with Crippen molar-refractivity contribution in [3.05, 3.63) is 0 Å². The molecule has 0 aromatic carbocycles. The van der Waals surface area contributed by atoms with Crippen molar-refractivity contribution in [3.8, 4) is 0 Å². The number of piperidine rings is 1. The van der Waals surface area contributed by atoms with E-state index in [1.54, 1.807) is 0 Å². The molecule has 2 heterocycles. The molecule has 0 radical (unpaired) electrons. The molecule has 0 aromatic heterocycles. The Kier molecular flexibility index (Phi) is 4.00. The summed E-state index contributed by atoms with van der Waals surface area (Å²) in [5, 5.41) is 3.56. The SMILES string of the molecule is COC1CNC(CN2CCCCC2C)C1. The van der Waals surface area contributed by atoms with E-state index >= 15 is 0 Å². The van der Waals surface area contributed by atoms with Gasteiger partial charge in [-0.25, -0.2) is 0 Å². The highest BCUT2D eigenvalue weighted by Crippen LogP contribution is 2.19. The third-order valence-electron chi connectivity index (χ3n) is 3.91. The van der Waals surface area contributed by atoms with Gasteiger partial charge in [0.05, 0.1) is 6.10 Å². The van der Waals surface area contributed by atoms with Crippen LogP contribution in [0.25, 0.3) is 0 Å². The fraction of sp³-hybridized carbons (Fsp3) is 1.00. The summed E-state index contributed by atoms with van der Waals surface area (Å²) >= 11 is 0. The van der Waals surface area contributed by atoms with Crippen LogP contribution in [0.2, 0.25) is 0 Å². The van der Waals surface area contributed by atoms with Crippen LogP contribution in [0.5, 0.6) is 0 Å². The van der Waals surface area contributed by atoms with E-state index in [0.29, 0.717) is 12.1 Å². The lowest BCUT2D eigenvalue weighted by Gasteiger charge is -2.35. The molecule has 2 fully saturated rings. The van der Waals surface area contributed by atoms with Crippen LogP contribution < -0.4 is 5.32 Å². The lowest BCUT2D eigenvalue weighted by molar-refractivity contribution is 0.110. The molecular formula is C12H24N2O. The Morgan fingerprint density at radius 3 is 2.93 bits per heavy atom. The number of hydrogen-bond donors (Lipinski definition) is 1. The van der Waals surface area contributed by atoms with Crippen LogP contribution >= 0.6 is 0 Å². The lowest BCUT2D eigenvalue weighted by atomic mass is 10.0. The summed E-state index contributed by atoms with van der Waals surface area (Å²) in [6.07, 6.45) is 5.79. The first-order valence-electron chi connectivity index (χ1n) is 6.30. The average Bonchev–Trinajstić information content (AvgIpc) is 2.69. The third kappa shape index (κ3) is 2.92. The summed E-state index contributed by atoms with van der Waals surface area (Å²) in [6, 6.07) is 1.43. The smallest absolute Gasteiger partial charge is 0.0711 e. The molecule has 0 saturated carbocycles. The first-order chi connectivity index (χ1) is 7.29. The number of methoxy groups -OCH3 is 1. The van der Waals surface area contributed by atoms with Crippen molar-refractivity contribution in [2.24, 2.45) is 0 Å². The topological polar surface area (TPSA) is 24.5 Å². The molecule has 0 amide bonds. The second-order valence-corrected chi connectivity index (χ2v) is 5.04. The quantitative estimate of drug-likeness (QED) is 0.762. The van der Waals surface area contributed by atoms with Gasteiger partial charge in [-0.05, 0) is 32.7 Å². The maximum Gasteiger partial charge on any atom is 0.0711 e. The van der Waals surface area contributed by atoms with Gasteiger partial charge in [-0.2, -0.15) is 0 Å². The number of rotatable bonds is 3. The van der Waals surface area contributed by atoms with Crippen molar-refractivity contribution < 1.29 is 4.74 Å². The summed E-state index contributed by atoms with van der Waals surface area (Å²) in [5.41, 5.74) is 0. The monoisotopic (exact) mass is 212 g/mol. The molecule has 0 aromatic rings. The predicted molar refractivity (Wildman–Crippen MR) is 62.1 cm³/mol. The van der Waals surface area contributed by atoms with E-state index in [1.165, 1.54) is 38.8 Å². The highest BCUT2D eigenvalue weighted by atomic mass is 16.5. The number of nitrogens with zero attached hydrogens (tertiary/aromatic N) is 1. The van der Waals surface area contributed by atoms with Gasteiger partial charge in [0.1, 0.15) is 0 Å². The van der Waals surface area contributed by atoms with Crippen molar-refractivity contribution in [1.82, 2.24) is 10.2 Å². The van der Waals surface area contributed by atoms with Crippen LogP contribution in [0.4, 0.5) is 0 Å². The van der Waals surface area contributed by atoms with Crippen molar-refractivity contribution in [1.29, 1.82) is 0 Å². The number of ether oxygens (including phenoxy) is 1. The molecular weight excluding hydrogens is 188 g/mol. The van der Waals surface area contributed by atoms with Crippen LogP contribution in [0.3, 0.4) is 0 Å². The fourth-order valence-corrected chi connectivity index (χ4v) is 2.81. The van der Waals surface area contributed by atoms with Gasteiger partial charge in [0.2, 0.25) is 0 Å². The summed E-state index contributed by atoms with van der Waals surface area (Å²) in [7, 11) is 1.82. The van der Waals surface area contributed by atoms with Gasteiger partial charge in [-0.1, -0.05) is 6.42 Å². The van der Waals surface area contributed by atoms with Crippen molar-refractivity contribution in [3.63, 3.8) is 0 Å². The second kappa shape index (κ2) is 5.28. The van der Waals surface area contributed by atoms with Crippen LogP contribution in [0.1, 0.15) is 32.6 Å². The molecule has 15 heavy (non-hydrogen) atoms. The molecule has 0 spiro atoms. The predicted octanol–water partition coefficient (Wildman–Crippen LogP) is 1.24. The Balaban J connectivity index is 1.76. The molecule has 2 rings (SSSR count). The number of likely N-dealkylation sites (tertiary alicyclic amines) is 1. The molecule has 1 N–H and O–H groups in total. The van der Waals surface area contributed by atoms with Gasteiger partial charge >= 0.3 is 0 Å². The van der Waals surface area contributed by atoms with Crippen molar-refractivity contribution >= 4 is 0 Å².